The molecule has 0 radical (unpaired) electrons. The highest BCUT2D eigenvalue weighted by molar-refractivity contribution is 7.09. The van der Waals surface area contributed by atoms with Crippen LogP contribution >= 0.6 is 11.3 Å². The van der Waals surface area contributed by atoms with E-state index in [2.05, 4.69) is 4.98 Å². The minimum absolute atomic E-state index is 0.0794. The van der Waals surface area contributed by atoms with Crippen LogP contribution in [0, 0.1) is 0 Å². The summed E-state index contributed by atoms with van der Waals surface area (Å²) < 4.78 is 0. The van der Waals surface area contributed by atoms with Gasteiger partial charge in [-0.15, -0.1) is 11.3 Å². The summed E-state index contributed by atoms with van der Waals surface area (Å²) in [6.07, 6.45) is 4.26. The first-order chi connectivity index (χ1) is 9.65. The van der Waals surface area contributed by atoms with Crippen LogP contribution in [0.25, 0.3) is 0 Å². The van der Waals surface area contributed by atoms with Crippen LogP contribution in [0.2, 0.25) is 0 Å². The zero-order valence-corrected chi connectivity index (χ0v) is 12.6. The van der Waals surface area contributed by atoms with Crippen LogP contribution in [0.1, 0.15) is 44.2 Å². The standard InChI is InChI=1S/C14H19N3O2S/c1-3-10(12-15-6-8-20-12)17-9(2)13(18)16-7-4-5-11(16)14(17)19/h6,8-11H,3-5,7H2,1-2H3. The molecule has 0 bridgehead atoms. The molecule has 0 aromatic carbocycles. The average molecular weight is 293 g/mol. The van der Waals surface area contributed by atoms with Crippen molar-refractivity contribution >= 4 is 23.2 Å². The first-order valence-corrected chi connectivity index (χ1v) is 8.05. The third kappa shape index (κ3) is 1.93. The van der Waals surface area contributed by atoms with Gasteiger partial charge in [0.1, 0.15) is 17.1 Å². The summed E-state index contributed by atoms with van der Waals surface area (Å²) in [6.45, 7) is 4.60. The second kappa shape index (κ2) is 5.16. The van der Waals surface area contributed by atoms with E-state index in [9.17, 15) is 9.59 Å². The molecule has 2 amide bonds. The fraction of sp³-hybridized carbons (Fsp3) is 0.643. The molecule has 3 atom stereocenters. The number of thiazole rings is 1. The Morgan fingerprint density at radius 2 is 2.25 bits per heavy atom. The molecule has 2 saturated heterocycles. The van der Waals surface area contributed by atoms with E-state index in [4.69, 9.17) is 0 Å². The number of aromatic nitrogens is 1. The molecule has 1 aromatic heterocycles. The normalized spacial score (nSPS) is 27.9. The van der Waals surface area contributed by atoms with Gasteiger partial charge in [-0.3, -0.25) is 9.59 Å². The second-order valence-electron chi connectivity index (χ2n) is 5.41. The maximum absolute atomic E-state index is 12.8. The van der Waals surface area contributed by atoms with Crippen LogP contribution in [0.5, 0.6) is 0 Å². The summed E-state index contributed by atoms with van der Waals surface area (Å²) in [4.78, 5) is 33.1. The van der Waals surface area contributed by atoms with Crippen molar-refractivity contribution in [1.82, 2.24) is 14.8 Å². The van der Waals surface area contributed by atoms with Gasteiger partial charge in [0.15, 0.2) is 0 Å². The SMILES string of the molecule is CCC(c1nccs1)N1C(=O)C2CCCN2C(=O)C1C. The van der Waals surface area contributed by atoms with Crippen molar-refractivity contribution in [3.05, 3.63) is 16.6 Å². The van der Waals surface area contributed by atoms with Crippen LogP contribution < -0.4 is 0 Å². The first kappa shape index (κ1) is 13.5. The Kier molecular flexibility index (Phi) is 3.50. The van der Waals surface area contributed by atoms with E-state index < -0.39 is 0 Å². The Morgan fingerprint density at radius 3 is 2.90 bits per heavy atom. The van der Waals surface area contributed by atoms with Crippen LogP contribution in [0.4, 0.5) is 0 Å². The Hall–Kier alpha value is -1.43. The highest BCUT2D eigenvalue weighted by atomic mass is 32.1. The molecule has 5 nitrogen and oxygen atoms in total. The van der Waals surface area contributed by atoms with Gasteiger partial charge in [-0.2, -0.15) is 0 Å². The number of hydrogen-bond acceptors (Lipinski definition) is 4. The van der Waals surface area contributed by atoms with Gasteiger partial charge in [0, 0.05) is 18.1 Å². The van der Waals surface area contributed by atoms with Crippen LogP contribution in [0.15, 0.2) is 11.6 Å². The monoisotopic (exact) mass is 293 g/mol. The number of nitrogens with zero attached hydrogens (tertiary/aromatic N) is 3. The molecule has 0 aliphatic carbocycles. The summed E-state index contributed by atoms with van der Waals surface area (Å²) in [5, 5.41) is 2.84. The molecule has 20 heavy (non-hydrogen) atoms. The lowest BCUT2D eigenvalue weighted by molar-refractivity contribution is -0.161. The maximum Gasteiger partial charge on any atom is 0.246 e. The number of carbonyl (C=O) groups excluding carboxylic acids is 2. The van der Waals surface area contributed by atoms with Crippen LogP contribution in [-0.2, 0) is 9.59 Å². The van der Waals surface area contributed by atoms with Crippen molar-refractivity contribution in [2.45, 2.75) is 51.2 Å². The largest absolute Gasteiger partial charge is 0.329 e. The number of amides is 2. The fourth-order valence-corrected chi connectivity index (χ4v) is 4.14. The van der Waals surface area contributed by atoms with Gasteiger partial charge in [-0.1, -0.05) is 6.92 Å². The Bertz CT molecular complexity index is 516. The number of piperazine rings is 1. The maximum atomic E-state index is 12.8. The van der Waals surface area contributed by atoms with Crippen molar-refractivity contribution in [3.63, 3.8) is 0 Å². The summed E-state index contributed by atoms with van der Waals surface area (Å²) in [5.41, 5.74) is 0. The van der Waals surface area contributed by atoms with E-state index in [1.165, 1.54) is 0 Å². The Morgan fingerprint density at radius 1 is 1.45 bits per heavy atom. The smallest absolute Gasteiger partial charge is 0.246 e. The highest BCUT2D eigenvalue weighted by Gasteiger charge is 2.48. The zero-order valence-electron chi connectivity index (χ0n) is 11.8. The molecule has 3 rings (SSSR count). The first-order valence-electron chi connectivity index (χ1n) is 7.17. The Labute approximate surface area is 122 Å². The molecule has 2 aliphatic heterocycles. The molecular formula is C14H19N3O2S. The molecule has 6 heteroatoms. The minimum atomic E-state index is -0.384. The van der Waals surface area contributed by atoms with E-state index in [1.807, 2.05) is 19.2 Å². The lowest BCUT2D eigenvalue weighted by atomic mass is 10.0. The van der Waals surface area contributed by atoms with Crippen molar-refractivity contribution in [1.29, 1.82) is 0 Å². The van der Waals surface area contributed by atoms with Gasteiger partial charge in [0.05, 0.1) is 6.04 Å². The quantitative estimate of drug-likeness (QED) is 0.854. The van der Waals surface area contributed by atoms with Crippen molar-refractivity contribution < 1.29 is 9.59 Å². The van der Waals surface area contributed by atoms with Crippen molar-refractivity contribution in [3.8, 4) is 0 Å². The van der Waals surface area contributed by atoms with E-state index >= 15 is 0 Å². The molecule has 2 aliphatic rings. The lowest BCUT2D eigenvalue weighted by Gasteiger charge is -2.44. The molecule has 3 unspecified atom stereocenters. The third-order valence-electron chi connectivity index (χ3n) is 4.31. The lowest BCUT2D eigenvalue weighted by Crippen LogP contribution is -2.62. The van der Waals surface area contributed by atoms with Gasteiger partial charge in [0.25, 0.3) is 0 Å². The molecule has 3 heterocycles. The van der Waals surface area contributed by atoms with Crippen LogP contribution in [-0.4, -0.2) is 45.2 Å². The molecule has 108 valence electrons. The molecule has 0 spiro atoms. The second-order valence-corrected chi connectivity index (χ2v) is 6.33. The van der Waals surface area contributed by atoms with E-state index in [-0.39, 0.29) is 29.9 Å². The summed E-state index contributed by atoms with van der Waals surface area (Å²) in [7, 11) is 0. The predicted molar refractivity (Wildman–Crippen MR) is 76.2 cm³/mol. The molecule has 0 saturated carbocycles. The molecule has 0 N–H and O–H groups in total. The summed E-state index contributed by atoms with van der Waals surface area (Å²) in [6, 6.07) is -0.706. The van der Waals surface area contributed by atoms with E-state index in [0.29, 0.717) is 0 Å². The van der Waals surface area contributed by atoms with Gasteiger partial charge in [-0.05, 0) is 26.2 Å². The van der Waals surface area contributed by atoms with E-state index in [0.717, 1.165) is 30.8 Å². The van der Waals surface area contributed by atoms with Crippen molar-refractivity contribution in [2.75, 3.05) is 6.54 Å². The number of hydrogen-bond donors (Lipinski definition) is 0. The van der Waals surface area contributed by atoms with Gasteiger partial charge in [-0.25, -0.2) is 4.98 Å². The Balaban J connectivity index is 1.94. The van der Waals surface area contributed by atoms with Gasteiger partial charge >= 0.3 is 0 Å². The number of fused-ring (bicyclic) bond motifs is 1. The predicted octanol–water partition coefficient (Wildman–Crippen LogP) is 1.82. The molecule has 1 aromatic rings. The topological polar surface area (TPSA) is 53.5 Å². The number of rotatable bonds is 3. The third-order valence-corrected chi connectivity index (χ3v) is 5.19. The fourth-order valence-electron chi connectivity index (χ4n) is 3.32. The van der Waals surface area contributed by atoms with Gasteiger partial charge < -0.3 is 9.80 Å². The highest BCUT2D eigenvalue weighted by Crippen LogP contribution is 2.35. The van der Waals surface area contributed by atoms with E-state index in [1.54, 1.807) is 27.3 Å². The summed E-state index contributed by atoms with van der Waals surface area (Å²) >= 11 is 1.55. The summed E-state index contributed by atoms with van der Waals surface area (Å²) in [5.74, 6) is 0.179. The average Bonchev–Trinajstić information content (AvgIpc) is 3.11. The molecule has 2 fully saturated rings. The number of carbonyl (C=O) groups is 2. The molecular weight excluding hydrogens is 274 g/mol. The minimum Gasteiger partial charge on any atom is -0.329 e. The van der Waals surface area contributed by atoms with Crippen molar-refractivity contribution in [2.24, 2.45) is 0 Å². The van der Waals surface area contributed by atoms with Gasteiger partial charge in [0.2, 0.25) is 11.8 Å². The zero-order chi connectivity index (χ0) is 14.3. The van der Waals surface area contributed by atoms with Crippen LogP contribution in [0.3, 0.4) is 0 Å².